The van der Waals surface area contributed by atoms with E-state index in [0.29, 0.717) is 13.1 Å². The summed E-state index contributed by atoms with van der Waals surface area (Å²) in [6.07, 6.45) is 1.90. The first-order chi connectivity index (χ1) is 11.8. The molecule has 1 aromatic carbocycles. The van der Waals surface area contributed by atoms with E-state index in [1.165, 1.54) is 12.1 Å². The van der Waals surface area contributed by atoms with Gasteiger partial charge in [0.1, 0.15) is 6.04 Å². The van der Waals surface area contributed by atoms with Crippen molar-refractivity contribution in [3.63, 3.8) is 0 Å². The van der Waals surface area contributed by atoms with Crippen molar-refractivity contribution in [3.05, 3.63) is 29.8 Å². The molecule has 0 radical (unpaired) electrons. The Hall–Kier alpha value is -1.89. The molecule has 7 heteroatoms. The molecule has 6 nitrogen and oxygen atoms in total. The third-order valence-electron chi connectivity index (χ3n) is 4.32. The topological polar surface area (TPSA) is 74.8 Å². The number of hydrogen-bond acceptors (Lipinski definition) is 4. The average Bonchev–Trinajstić information content (AvgIpc) is 2.97. The summed E-state index contributed by atoms with van der Waals surface area (Å²) in [5, 5.41) is 0. The molecule has 2 rings (SSSR count). The van der Waals surface area contributed by atoms with Gasteiger partial charge in [-0.2, -0.15) is 0 Å². The molecule has 0 unspecified atom stereocenters. The van der Waals surface area contributed by atoms with E-state index in [-0.39, 0.29) is 23.6 Å². The van der Waals surface area contributed by atoms with Crippen molar-refractivity contribution in [2.75, 3.05) is 13.1 Å². The number of hydrogen-bond donors (Lipinski definition) is 0. The first-order valence-electron chi connectivity index (χ1n) is 8.75. The normalized spacial score (nSPS) is 17.8. The highest BCUT2D eigenvalue weighted by Gasteiger charge is 2.45. The second-order valence-electron chi connectivity index (χ2n) is 6.39. The summed E-state index contributed by atoms with van der Waals surface area (Å²) in [6, 6.07) is 5.40. The van der Waals surface area contributed by atoms with Gasteiger partial charge in [-0.15, -0.1) is 0 Å². The van der Waals surface area contributed by atoms with Crippen molar-refractivity contribution in [1.82, 2.24) is 9.21 Å². The van der Waals surface area contributed by atoms with Crippen molar-refractivity contribution in [2.24, 2.45) is 0 Å². The fraction of sp³-hybridized carbons (Fsp3) is 0.556. The van der Waals surface area contributed by atoms with Gasteiger partial charge in [0.05, 0.1) is 4.90 Å². The van der Waals surface area contributed by atoms with E-state index in [1.807, 2.05) is 20.8 Å². The van der Waals surface area contributed by atoms with Crippen LogP contribution < -0.4 is 0 Å². The SMILES string of the molecule is CCCN(CCC)C(=O)[C@H]1CCC(=O)N1S(=O)(=O)c1ccc(C)cc1. The highest BCUT2D eigenvalue weighted by Crippen LogP contribution is 2.28. The Labute approximate surface area is 149 Å². The smallest absolute Gasteiger partial charge is 0.267 e. The predicted molar refractivity (Wildman–Crippen MR) is 95.4 cm³/mol. The summed E-state index contributed by atoms with van der Waals surface area (Å²) in [4.78, 5) is 26.9. The molecule has 1 aromatic rings. The molecule has 1 aliphatic heterocycles. The van der Waals surface area contributed by atoms with Gasteiger partial charge in [-0.05, 0) is 38.3 Å². The Bertz CT molecular complexity index is 722. The molecule has 1 fully saturated rings. The van der Waals surface area contributed by atoms with Crippen LogP contribution >= 0.6 is 0 Å². The monoisotopic (exact) mass is 366 g/mol. The fourth-order valence-corrected chi connectivity index (χ4v) is 4.69. The largest absolute Gasteiger partial charge is 0.341 e. The van der Waals surface area contributed by atoms with E-state index >= 15 is 0 Å². The van der Waals surface area contributed by atoms with E-state index < -0.39 is 22.0 Å². The number of carbonyl (C=O) groups is 2. The Morgan fingerprint density at radius 1 is 1.16 bits per heavy atom. The third-order valence-corrected chi connectivity index (χ3v) is 6.17. The predicted octanol–water partition coefficient (Wildman–Crippen LogP) is 2.32. The van der Waals surface area contributed by atoms with Crippen LogP contribution in [-0.2, 0) is 19.6 Å². The summed E-state index contributed by atoms with van der Waals surface area (Å²) in [5.41, 5.74) is 0.927. The van der Waals surface area contributed by atoms with Gasteiger partial charge in [0.2, 0.25) is 11.8 Å². The minimum atomic E-state index is -4.03. The van der Waals surface area contributed by atoms with Crippen LogP contribution in [0.25, 0.3) is 0 Å². The number of rotatable bonds is 7. The number of amides is 2. The molecule has 2 amide bonds. The van der Waals surface area contributed by atoms with E-state index in [2.05, 4.69) is 0 Å². The van der Waals surface area contributed by atoms with Gasteiger partial charge >= 0.3 is 0 Å². The van der Waals surface area contributed by atoms with Crippen molar-refractivity contribution >= 4 is 21.8 Å². The molecular formula is C18H26N2O4S. The van der Waals surface area contributed by atoms with Crippen LogP contribution in [-0.4, -0.2) is 48.6 Å². The highest BCUT2D eigenvalue weighted by molar-refractivity contribution is 7.89. The van der Waals surface area contributed by atoms with Gasteiger partial charge in [-0.25, -0.2) is 12.7 Å². The van der Waals surface area contributed by atoms with Crippen molar-refractivity contribution in [2.45, 2.75) is 57.4 Å². The van der Waals surface area contributed by atoms with Crippen molar-refractivity contribution in [3.8, 4) is 0 Å². The zero-order chi connectivity index (χ0) is 18.6. The standard InChI is InChI=1S/C18H26N2O4S/c1-4-12-19(13-5-2)18(22)16-10-11-17(21)20(16)25(23,24)15-8-6-14(3)7-9-15/h6-9,16H,4-5,10-13H2,1-3H3/t16-/m1/s1. The molecule has 25 heavy (non-hydrogen) atoms. The van der Waals surface area contributed by atoms with Gasteiger partial charge in [0.25, 0.3) is 10.0 Å². The molecule has 0 bridgehead atoms. The lowest BCUT2D eigenvalue weighted by Crippen LogP contribution is -2.49. The molecule has 1 atom stereocenters. The van der Waals surface area contributed by atoms with Crippen LogP contribution in [0.3, 0.4) is 0 Å². The van der Waals surface area contributed by atoms with Crippen LogP contribution in [0.15, 0.2) is 29.2 Å². The number of carbonyl (C=O) groups excluding carboxylic acids is 2. The van der Waals surface area contributed by atoms with E-state index in [0.717, 1.165) is 22.7 Å². The average molecular weight is 366 g/mol. The van der Waals surface area contributed by atoms with Crippen molar-refractivity contribution in [1.29, 1.82) is 0 Å². The van der Waals surface area contributed by atoms with Gasteiger partial charge in [0.15, 0.2) is 0 Å². The van der Waals surface area contributed by atoms with Crippen LogP contribution in [0.5, 0.6) is 0 Å². The fourth-order valence-electron chi connectivity index (χ4n) is 3.09. The molecular weight excluding hydrogens is 340 g/mol. The molecule has 138 valence electrons. The summed E-state index contributed by atoms with van der Waals surface area (Å²) >= 11 is 0. The van der Waals surface area contributed by atoms with E-state index in [4.69, 9.17) is 0 Å². The molecule has 0 saturated carbocycles. The van der Waals surface area contributed by atoms with Crippen LogP contribution in [0.1, 0.15) is 45.1 Å². The lowest BCUT2D eigenvalue weighted by atomic mass is 10.2. The second kappa shape index (κ2) is 7.99. The van der Waals surface area contributed by atoms with Gasteiger partial charge < -0.3 is 4.90 Å². The van der Waals surface area contributed by atoms with Gasteiger partial charge in [-0.3, -0.25) is 9.59 Å². The summed E-state index contributed by atoms with van der Waals surface area (Å²) in [5.74, 6) is -0.780. The third kappa shape index (κ3) is 4.03. The zero-order valence-corrected chi connectivity index (χ0v) is 15.9. The Balaban J connectivity index is 2.35. The number of nitrogens with zero attached hydrogens (tertiary/aromatic N) is 2. The first-order valence-corrected chi connectivity index (χ1v) is 10.2. The minimum Gasteiger partial charge on any atom is -0.341 e. The molecule has 0 aliphatic carbocycles. The first kappa shape index (κ1) is 19.4. The minimum absolute atomic E-state index is 0.0451. The molecule has 0 aromatic heterocycles. The number of sulfonamides is 1. The molecule has 0 N–H and O–H groups in total. The summed E-state index contributed by atoms with van der Waals surface area (Å²) in [7, 11) is -4.03. The number of benzene rings is 1. The molecule has 0 spiro atoms. The summed E-state index contributed by atoms with van der Waals surface area (Å²) < 4.78 is 26.7. The maximum atomic E-state index is 12.9. The van der Waals surface area contributed by atoms with E-state index in [9.17, 15) is 18.0 Å². The molecule has 1 heterocycles. The summed E-state index contributed by atoms with van der Waals surface area (Å²) in [6.45, 7) is 6.93. The molecule has 1 aliphatic rings. The van der Waals surface area contributed by atoms with E-state index in [1.54, 1.807) is 17.0 Å². The zero-order valence-electron chi connectivity index (χ0n) is 15.1. The quantitative estimate of drug-likeness (QED) is 0.742. The maximum Gasteiger partial charge on any atom is 0.267 e. The van der Waals surface area contributed by atoms with Crippen LogP contribution in [0.2, 0.25) is 0 Å². The van der Waals surface area contributed by atoms with Crippen LogP contribution in [0, 0.1) is 6.92 Å². The number of aryl methyl sites for hydroxylation is 1. The van der Waals surface area contributed by atoms with Gasteiger partial charge in [-0.1, -0.05) is 31.5 Å². The molecule has 1 saturated heterocycles. The lowest BCUT2D eigenvalue weighted by molar-refractivity contribution is -0.137. The lowest BCUT2D eigenvalue weighted by Gasteiger charge is -2.29. The second-order valence-corrected chi connectivity index (χ2v) is 8.20. The highest BCUT2D eigenvalue weighted by atomic mass is 32.2. The Morgan fingerprint density at radius 3 is 2.24 bits per heavy atom. The Morgan fingerprint density at radius 2 is 1.72 bits per heavy atom. The Kier molecular flexibility index (Phi) is 6.21. The van der Waals surface area contributed by atoms with Crippen molar-refractivity contribution < 1.29 is 18.0 Å². The van der Waals surface area contributed by atoms with Gasteiger partial charge in [0, 0.05) is 19.5 Å². The van der Waals surface area contributed by atoms with Crippen LogP contribution in [0.4, 0.5) is 0 Å². The maximum absolute atomic E-state index is 12.9.